The highest BCUT2D eigenvalue weighted by atomic mass is 35.5. The van der Waals surface area contributed by atoms with Crippen LogP contribution >= 0.6 is 23.2 Å². The van der Waals surface area contributed by atoms with Crippen molar-refractivity contribution < 1.29 is 9.13 Å². The van der Waals surface area contributed by atoms with Crippen molar-refractivity contribution in [3.63, 3.8) is 0 Å². The Morgan fingerprint density at radius 2 is 1.76 bits per heavy atom. The first-order chi connectivity index (χ1) is 9.83. The van der Waals surface area contributed by atoms with Crippen LogP contribution in [-0.4, -0.2) is 7.05 Å². The molecule has 2 rings (SSSR count). The number of halogens is 3. The van der Waals surface area contributed by atoms with Gasteiger partial charge in [0.2, 0.25) is 0 Å². The molecule has 0 saturated heterocycles. The number of ether oxygens (including phenoxy) is 1. The molecule has 0 bridgehead atoms. The monoisotopic (exact) mass is 327 g/mol. The Bertz CT molecular complexity index is 659. The van der Waals surface area contributed by atoms with Crippen LogP contribution in [0, 0.1) is 5.82 Å². The zero-order valence-corrected chi connectivity index (χ0v) is 13.5. The van der Waals surface area contributed by atoms with Gasteiger partial charge in [-0.2, -0.15) is 0 Å². The van der Waals surface area contributed by atoms with E-state index in [4.69, 9.17) is 27.9 Å². The van der Waals surface area contributed by atoms with E-state index in [0.29, 0.717) is 21.5 Å². The number of hydrogen-bond donors (Lipinski definition) is 1. The third kappa shape index (κ3) is 3.67. The van der Waals surface area contributed by atoms with Gasteiger partial charge in [-0.15, -0.1) is 0 Å². The van der Waals surface area contributed by atoms with Crippen LogP contribution in [0.4, 0.5) is 4.39 Å². The van der Waals surface area contributed by atoms with Crippen molar-refractivity contribution in [2.45, 2.75) is 19.4 Å². The molecular weight excluding hydrogens is 312 g/mol. The summed E-state index contributed by atoms with van der Waals surface area (Å²) in [5.74, 6) is 0.799. The molecule has 0 aliphatic carbocycles. The molecule has 5 heteroatoms. The van der Waals surface area contributed by atoms with Gasteiger partial charge in [0.05, 0.1) is 10.0 Å². The summed E-state index contributed by atoms with van der Waals surface area (Å²) >= 11 is 11.9. The van der Waals surface area contributed by atoms with Gasteiger partial charge in [0.1, 0.15) is 17.3 Å². The van der Waals surface area contributed by atoms with E-state index in [9.17, 15) is 4.39 Å². The lowest BCUT2D eigenvalue weighted by Crippen LogP contribution is -2.33. The second-order valence-electron chi connectivity index (χ2n) is 5.19. The van der Waals surface area contributed by atoms with E-state index >= 15 is 0 Å². The molecule has 0 atom stereocenters. The minimum Gasteiger partial charge on any atom is -0.457 e. The molecule has 0 saturated carbocycles. The van der Waals surface area contributed by atoms with Crippen molar-refractivity contribution in [2.75, 3.05) is 7.05 Å². The standard InChI is InChI=1S/C16H16Cl2FNO/c1-16(2,20-3)12-8-10(19)4-7-15(12)21-11-5-6-13(17)14(18)9-11/h4-9,20H,1-3H3. The largest absolute Gasteiger partial charge is 0.457 e. The molecule has 2 nitrogen and oxygen atoms in total. The first-order valence-corrected chi connectivity index (χ1v) is 7.21. The van der Waals surface area contributed by atoms with Gasteiger partial charge in [0, 0.05) is 17.2 Å². The molecule has 0 aliphatic heterocycles. The maximum atomic E-state index is 13.5. The topological polar surface area (TPSA) is 21.3 Å². The Hall–Kier alpha value is -1.29. The summed E-state index contributed by atoms with van der Waals surface area (Å²) < 4.78 is 19.4. The van der Waals surface area contributed by atoms with Crippen molar-refractivity contribution in [3.05, 3.63) is 57.8 Å². The minimum absolute atomic E-state index is 0.310. The molecule has 0 radical (unpaired) electrons. The molecule has 0 amide bonds. The fourth-order valence-corrected chi connectivity index (χ4v) is 2.17. The fourth-order valence-electron chi connectivity index (χ4n) is 1.88. The zero-order valence-electron chi connectivity index (χ0n) is 12.0. The molecular formula is C16H16Cl2FNO. The third-order valence-electron chi connectivity index (χ3n) is 3.36. The molecule has 1 N–H and O–H groups in total. The predicted molar refractivity (Wildman–Crippen MR) is 85.0 cm³/mol. The normalized spacial score (nSPS) is 11.5. The van der Waals surface area contributed by atoms with Gasteiger partial charge in [-0.3, -0.25) is 0 Å². The minimum atomic E-state index is -0.437. The van der Waals surface area contributed by atoms with E-state index in [2.05, 4.69) is 5.32 Å². The molecule has 21 heavy (non-hydrogen) atoms. The van der Waals surface area contributed by atoms with Crippen LogP contribution < -0.4 is 10.1 Å². The lowest BCUT2D eigenvalue weighted by atomic mass is 9.93. The highest BCUT2D eigenvalue weighted by Gasteiger charge is 2.23. The summed E-state index contributed by atoms with van der Waals surface area (Å²) in [7, 11) is 1.81. The Morgan fingerprint density at radius 1 is 1.05 bits per heavy atom. The first kappa shape index (κ1) is 16.1. The van der Waals surface area contributed by atoms with E-state index in [1.54, 1.807) is 24.3 Å². The van der Waals surface area contributed by atoms with Crippen molar-refractivity contribution in [1.29, 1.82) is 0 Å². The highest BCUT2D eigenvalue weighted by molar-refractivity contribution is 6.42. The quantitative estimate of drug-likeness (QED) is 0.814. The summed E-state index contributed by atoms with van der Waals surface area (Å²) in [6.45, 7) is 3.90. The molecule has 2 aromatic rings. The number of rotatable bonds is 4. The van der Waals surface area contributed by atoms with Crippen molar-refractivity contribution in [2.24, 2.45) is 0 Å². The van der Waals surface area contributed by atoms with Crippen LogP contribution in [0.3, 0.4) is 0 Å². The second kappa shape index (κ2) is 6.22. The highest BCUT2D eigenvalue weighted by Crippen LogP contribution is 2.35. The molecule has 0 spiro atoms. The molecule has 2 aromatic carbocycles. The van der Waals surface area contributed by atoms with E-state index in [1.165, 1.54) is 12.1 Å². The van der Waals surface area contributed by atoms with Crippen molar-refractivity contribution in [1.82, 2.24) is 5.32 Å². The molecule has 0 heterocycles. The molecule has 0 fully saturated rings. The van der Waals surface area contributed by atoms with Gasteiger partial charge >= 0.3 is 0 Å². The summed E-state index contributed by atoms with van der Waals surface area (Å²) in [6, 6.07) is 9.43. The maximum absolute atomic E-state index is 13.5. The lowest BCUT2D eigenvalue weighted by Gasteiger charge is -2.27. The third-order valence-corrected chi connectivity index (χ3v) is 4.10. The van der Waals surface area contributed by atoms with Gasteiger partial charge in [0.15, 0.2) is 0 Å². The van der Waals surface area contributed by atoms with E-state index < -0.39 is 5.54 Å². The van der Waals surface area contributed by atoms with Crippen LogP contribution in [0.15, 0.2) is 36.4 Å². The van der Waals surface area contributed by atoms with Crippen LogP contribution in [0.1, 0.15) is 19.4 Å². The lowest BCUT2D eigenvalue weighted by molar-refractivity contribution is 0.403. The smallest absolute Gasteiger partial charge is 0.132 e. The van der Waals surface area contributed by atoms with Crippen molar-refractivity contribution >= 4 is 23.2 Å². The van der Waals surface area contributed by atoms with E-state index in [1.807, 2.05) is 20.9 Å². The van der Waals surface area contributed by atoms with Crippen LogP contribution in [0.5, 0.6) is 11.5 Å². The average molecular weight is 328 g/mol. The molecule has 0 unspecified atom stereocenters. The SMILES string of the molecule is CNC(C)(C)c1cc(F)ccc1Oc1ccc(Cl)c(Cl)c1. The van der Waals surface area contributed by atoms with E-state index in [-0.39, 0.29) is 5.82 Å². The van der Waals surface area contributed by atoms with Crippen LogP contribution in [0.25, 0.3) is 0 Å². The van der Waals surface area contributed by atoms with Gasteiger partial charge in [0.25, 0.3) is 0 Å². The summed E-state index contributed by atoms with van der Waals surface area (Å²) in [5, 5.41) is 4.00. The first-order valence-electron chi connectivity index (χ1n) is 6.45. The van der Waals surface area contributed by atoms with E-state index in [0.717, 1.165) is 5.56 Å². The van der Waals surface area contributed by atoms with Crippen LogP contribution in [0.2, 0.25) is 10.0 Å². The Kier molecular flexibility index (Phi) is 4.77. The molecule has 0 aliphatic rings. The summed E-state index contributed by atoms with van der Waals surface area (Å²) in [4.78, 5) is 0. The van der Waals surface area contributed by atoms with Gasteiger partial charge in [-0.05, 0) is 51.2 Å². The molecule has 112 valence electrons. The number of nitrogens with one attached hydrogen (secondary N) is 1. The summed E-state index contributed by atoms with van der Waals surface area (Å²) in [6.07, 6.45) is 0. The van der Waals surface area contributed by atoms with Gasteiger partial charge in [-0.25, -0.2) is 4.39 Å². The van der Waals surface area contributed by atoms with Crippen LogP contribution in [-0.2, 0) is 5.54 Å². The van der Waals surface area contributed by atoms with Gasteiger partial charge in [-0.1, -0.05) is 23.2 Å². The number of hydrogen-bond acceptors (Lipinski definition) is 2. The maximum Gasteiger partial charge on any atom is 0.132 e. The summed E-state index contributed by atoms with van der Waals surface area (Å²) in [5.41, 5.74) is 0.282. The second-order valence-corrected chi connectivity index (χ2v) is 6.01. The van der Waals surface area contributed by atoms with Gasteiger partial charge < -0.3 is 10.1 Å². The predicted octanol–water partition coefficient (Wildman–Crippen LogP) is 5.38. The fraction of sp³-hybridized carbons (Fsp3) is 0.250. The Morgan fingerprint density at radius 3 is 2.38 bits per heavy atom. The Balaban J connectivity index is 2.42. The zero-order chi connectivity index (χ0) is 15.6. The number of benzene rings is 2. The Labute approximate surface area is 133 Å². The molecule has 0 aromatic heterocycles. The average Bonchev–Trinajstić information content (AvgIpc) is 2.44. The van der Waals surface area contributed by atoms with Crippen molar-refractivity contribution in [3.8, 4) is 11.5 Å².